The van der Waals surface area contributed by atoms with Crippen molar-refractivity contribution in [3.63, 3.8) is 0 Å². The second-order valence-corrected chi connectivity index (χ2v) is 5.55. The van der Waals surface area contributed by atoms with Gasteiger partial charge in [-0.15, -0.1) is 0 Å². The molecule has 3 N–H and O–H groups in total. The van der Waals surface area contributed by atoms with Gasteiger partial charge in [0.1, 0.15) is 0 Å². The predicted octanol–water partition coefficient (Wildman–Crippen LogP) is 1.10. The van der Waals surface area contributed by atoms with Gasteiger partial charge < -0.3 is 20.4 Å². The van der Waals surface area contributed by atoms with Crippen LogP contribution in [0.25, 0.3) is 11.1 Å². The van der Waals surface area contributed by atoms with Gasteiger partial charge in [0.2, 0.25) is 0 Å². The fourth-order valence-corrected chi connectivity index (χ4v) is 2.14. The second-order valence-electron chi connectivity index (χ2n) is 5.55. The number of carbonyl (C=O) groups excluding carboxylic acids is 2. The third kappa shape index (κ3) is 4.18. The highest BCUT2D eigenvalue weighted by Crippen LogP contribution is 2.21. The van der Waals surface area contributed by atoms with E-state index in [1.165, 1.54) is 14.1 Å². The van der Waals surface area contributed by atoms with E-state index in [4.69, 9.17) is 0 Å². The zero-order valence-electron chi connectivity index (χ0n) is 13.5. The molecular weight excluding hydrogens is 308 g/mol. The van der Waals surface area contributed by atoms with Gasteiger partial charge in [0.05, 0.1) is 0 Å². The molecule has 0 saturated heterocycles. The highest BCUT2D eigenvalue weighted by atomic mass is 16.3. The molecule has 0 aliphatic rings. The molecule has 2 amide bonds. The quantitative estimate of drug-likeness (QED) is 0.767. The molecule has 0 aromatic heterocycles. The summed E-state index contributed by atoms with van der Waals surface area (Å²) in [5.74, 6) is -1.58. The van der Waals surface area contributed by atoms with Crippen LogP contribution in [0.5, 0.6) is 0 Å². The summed E-state index contributed by atoms with van der Waals surface area (Å²) >= 11 is 0. The number of nitrogens with one attached hydrogen (secondary N) is 1. The van der Waals surface area contributed by atoms with Crippen LogP contribution in [0.2, 0.25) is 0 Å². The minimum absolute atomic E-state index is 0.461. The Morgan fingerprint density at radius 3 is 1.96 bits per heavy atom. The summed E-state index contributed by atoms with van der Waals surface area (Å²) < 4.78 is 0. The van der Waals surface area contributed by atoms with Crippen molar-refractivity contribution in [1.82, 2.24) is 4.90 Å². The standard InChI is InChI=1S/C18H20N2O4/c1-20(2)18(24)16(22)15(21)17(23)19-14-10-8-13(9-11-14)12-6-4-3-5-7-12/h3-11,15-16,21-22H,1-2H3,(H,19,23). The first-order valence-corrected chi connectivity index (χ1v) is 7.44. The summed E-state index contributed by atoms with van der Waals surface area (Å²) in [6.45, 7) is 0. The maximum atomic E-state index is 11.9. The van der Waals surface area contributed by atoms with Crippen molar-refractivity contribution < 1.29 is 19.8 Å². The van der Waals surface area contributed by atoms with Crippen LogP contribution in [0.1, 0.15) is 0 Å². The summed E-state index contributed by atoms with van der Waals surface area (Å²) in [7, 11) is 2.86. The Labute approximate surface area is 140 Å². The number of rotatable bonds is 5. The van der Waals surface area contributed by atoms with E-state index in [9.17, 15) is 19.8 Å². The number of benzene rings is 2. The molecule has 0 aliphatic heterocycles. The van der Waals surface area contributed by atoms with Crippen molar-refractivity contribution in [3.05, 3.63) is 54.6 Å². The number of hydrogen-bond donors (Lipinski definition) is 3. The third-order valence-electron chi connectivity index (χ3n) is 3.52. The van der Waals surface area contributed by atoms with Gasteiger partial charge in [0.25, 0.3) is 11.8 Å². The first-order valence-electron chi connectivity index (χ1n) is 7.44. The van der Waals surface area contributed by atoms with E-state index in [2.05, 4.69) is 5.32 Å². The highest BCUT2D eigenvalue weighted by Gasteiger charge is 2.31. The predicted molar refractivity (Wildman–Crippen MR) is 91.2 cm³/mol. The van der Waals surface area contributed by atoms with E-state index in [1.54, 1.807) is 12.1 Å². The van der Waals surface area contributed by atoms with Crippen molar-refractivity contribution in [3.8, 4) is 11.1 Å². The van der Waals surface area contributed by atoms with Crippen LogP contribution in [-0.2, 0) is 9.59 Å². The molecule has 2 rings (SSSR count). The van der Waals surface area contributed by atoms with Crippen LogP contribution in [0.3, 0.4) is 0 Å². The van der Waals surface area contributed by atoms with Crippen molar-refractivity contribution in [1.29, 1.82) is 0 Å². The molecule has 0 bridgehead atoms. The Hall–Kier alpha value is -2.70. The van der Waals surface area contributed by atoms with Crippen LogP contribution in [0.15, 0.2) is 54.6 Å². The van der Waals surface area contributed by atoms with Crippen molar-refractivity contribution in [2.75, 3.05) is 19.4 Å². The third-order valence-corrected chi connectivity index (χ3v) is 3.52. The molecule has 2 atom stereocenters. The van der Waals surface area contributed by atoms with Gasteiger partial charge in [-0.25, -0.2) is 0 Å². The maximum Gasteiger partial charge on any atom is 0.256 e. The maximum absolute atomic E-state index is 11.9. The molecule has 2 aromatic carbocycles. The van der Waals surface area contributed by atoms with Crippen LogP contribution in [0.4, 0.5) is 5.69 Å². The first kappa shape index (κ1) is 17.7. The van der Waals surface area contributed by atoms with Crippen LogP contribution in [-0.4, -0.2) is 53.2 Å². The number of aliphatic hydroxyl groups excluding tert-OH is 2. The summed E-state index contributed by atoms with van der Waals surface area (Å²) in [5.41, 5.74) is 2.49. The molecule has 6 nitrogen and oxygen atoms in total. The number of nitrogens with zero attached hydrogens (tertiary/aromatic N) is 1. The minimum Gasteiger partial charge on any atom is -0.380 e. The van der Waals surface area contributed by atoms with E-state index in [-0.39, 0.29) is 0 Å². The Kier molecular flexibility index (Phi) is 5.68. The Bertz CT molecular complexity index is 699. The number of anilines is 1. The molecule has 0 aliphatic carbocycles. The van der Waals surface area contributed by atoms with Gasteiger partial charge in [-0.3, -0.25) is 9.59 Å². The largest absolute Gasteiger partial charge is 0.380 e. The van der Waals surface area contributed by atoms with Gasteiger partial charge in [-0.05, 0) is 23.3 Å². The van der Waals surface area contributed by atoms with Crippen molar-refractivity contribution >= 4 is 17.5 Å². The van der Waals surface area contributed by atoms with Gasteiger partial charge in [-0.1, -0.05) is 42.5 Å². The summed E-state index contributed by atoms with van der Waals surface area (Å²) in [4.78, 5) is 24.6. The molecule has 126 valence electrons. The topological polar surface area (TPSA) is 89.9 Å². The average Bonchev–Trinajstić information content (AvgIpc) is 2.61. The summed E-state index contributed by atoms with van der Waals surface area (Å²) in [6.07, 6.45) is -3.64. The zero-order chi connectivity index (χ0) is 17.7. The molecule has 0 radical (unpaired) electrons. The van der Waals surface area contributed by atoms with Crippen molar-refractivity contribution in [2.45, 2.75) is 12.2 Å². The number of hydrogen-bond acceptors (Lipinski definition) is 4. The van der Waals surface area contributed by atoms with Crippen molar-refractivity contribution in [2.24, 2.45) is 0 Å². The molecule has 0 spiro atoms. The van der Waals surface area contributed by atoms with Gasteiger partial charge in [0.15, 0.2) is 12.2 Å². The molecule has 0 saturated carbocycles. The Balaban J connectivity index is 2.03. The number of carbonyl (C=O) groups is 2. The van der Waals surface area contributed by atoms with E-state index in [0.717, 1.165) is 16.0 Å². The molecule has 0 fully saturated rings. The summed E-state index contributed by atoms with van der Waals surface area (Å²) in [6, 6.07) is 16.8. The zero-order valence-corrected chi connectivity index (χ0v) is 13.5. The van der Waals surface area contributed by atoms with E-state index in [0.29, 0.717) is 5.69 Å². The molecule has 6 heteroatoms. The number of aliphatic hydroxyl groups is 2. The lowest BCUT2D eigenvalue weighted by molar-refractivity contribution is -0.149. The van der Waals surface area contributed by atoms with Crippen LogP contribution >= 0.6 is 0 Å². The Morgan fingerprint density at radius 1 is 0.875 bits per heavy atom. The first-order chi connectivity index (χ1) is 11.4. The van der Waals surface area contributed by atoms with Gasteiger partial charge in [-0.2, -0.15) is 0 Å². The second kappa shape index (κ2) is 7.72. The van der Waals surface area contributed by atoms with Gasteiger partial charge >= 0.3 is 0 Å². The van der Waals surface area contributed by atoms with E-state index in [1.807, 2.05) is 42.5 Å². The van der Waals surface area contributed by atoms with E-state index >= 15 is 0 Å². The molecular formula is C18H20N2O4. The van der Waals surface area contributed by atoms with Crippen LogP contribution < -0.4 is 5.32 Å². The molecule has 2 aromatic rings. The monoisotopic (exact) mass is 328 g/mol. The normalized spacial score (nSPS) is 13.0. The Morgan fingerprint density at radius 2 is 1.42 bits per heavy atom. The number of likely N-dealkylation sites (N-methyl/N-ethyl adjacent to an activating group) is 1. The van der Waals surface area contributed by atoms with Gasteiger partial charge in [0, 0.05) is 19.8 Å². The lowest BCUT2D eigenvalue weighted by Crippen LogP contribution is -2.47. The average molecular weight is 328 g/mol. The highest BCUT2D eigenvalue weighted by molar-refractivity contribution is 5.98. The van der Waals surface area contributed by atoms with Crippen LogP contribution in [0, 0.1) is 0 Å². The summed E-state index contributed by atoms with van der Waals surface area (Å²) in [5, 5.41) is 22.0. The molecule has 0 heterocycles. The van der Waals surface area contributed by atoms with E-state index < -0.39 is 24.0 Å². The fourth-order valence-electron chi connectivity index (χ4n) is 2.14. The smallest absolute Gasteiger partial charge is 0.256 e. The lowest BCUT2D eigenvalue weighted by atomic mass is 10.1. The molecule has 24 heavy (non-hydrogen) atoms. The minimum atomic E-state index is -1.84. The fraction of sp³-hybridized carbons (Fsp3) is 0.222. The molecule has 2 unspecified atom stereocenters. The lowest BCUT2D eigenvalue weighted by Gasteiger charge is -2.20. The number of amides is 2. The SMILES string of the molecule is CN(C)C(=O)C(O)C(O)C(=O)Nc1ccc(-c2ccccc2)cc1.